The van der Waals surface area contributed by atoms with E-state index in [1.165, 1.54) is 11.8 Å². The van der Waals surface area contributed by atoms with Gasteiger partial charge in [-0.3, -0.25) is 4.79 Å². The Balaban J connectivity index is 0.00000196. The summed E-state index contributed by atoms with van der Waals surface area (Å²) in [4.78, 5) is 11.3. The van der Waals surface area contributed by atoms with Crippen LogP contribution in [-0.2, 0) is 4.79 Å². The Morgan fingerprint density at radius 2 is 1.80 bits per heavy atom. The van der Waals surface area contributed by atoms with Crippen molar-refractivity contribution in [2.75, 3.05) is 5.75 Å². The maximum absolute atomic E-state index is 11.3. The molecule has 4 heteroatoms. The first-order valence-corrected chi connectivity index (χ1v) is 7.51. The van der Waals surface area contributed by atoms with Crippen molar-refractivity contribution in [1.29, 1.82) is 0 Å². The summed E-state index contributed by atoms with van der Waals surface area (Å²) in [5.74, 6) is 0.912. The normalized spacial score (nSPS) is 29.7. The molecule has 1 nitrogen and oxygen atoms in total. The molecule has 88 valence electrons. The third-order valence-electron chi connectivity index (χ3n) is 2.09. The lowest BCUT2D eigenvalue weighted by atomic mass is 10.4. The predicted molar refractivity (Wildman–Crippen MR) is 76.9 cm³/mol. The van der Waals surface area contributed by atoms with Gasteiger partial charge in [-0.2, -0.15) is 0 Å². The van der Waals surface area contributed by atoms with Gasteiger partial charge in [0.2, 0.25) is 5.12 Å². The summed E-state index contributed by atoms with van der Waals surface area (Å²) >= 11 is 5.38. The second kappa shape index (κ2) is 6.92. The summed E-state index contributed by atoms with van der Waals surface area (Å²) < 4.78 is 0.577. The van der Waals surface area contributed by atoms with Gasteiger partial charge in [0.15, 0.2) is 0 Å². The Kier molecular flexibility index (Phi) is 7.13. The molecule has 1 aliphatic heterocycles. The minimum absolute atomic E-state index is 0. The average Bonchev–Trinajstić information content (AvgIpc) is 2.42. The first kappa shape index (κ1) is 15.5. The van der Waals surface area contributed by atoms with Crippen LogP contribution in [0.3, 0.4) is 0 Å². The maximum atomic E-state index is 11.3. The summed E-state index contributed by atoms with van der Waals surface area (Å²) in [7, 11) is 0. The summed E-state index contributed by atoms with van der Waals surface area (Å²) in [6.07, 6.45) is 0. The average molecular weight is 264 g/mol. The number of thioether (sulfide) groups is 3. The molecule has 1 heterocycles. The van der Waals surface area contributed by atoms with Gasteiger partial charge in [-0.05, 0) is 12.5 Å². The number of carbonyl (C=O) groups is 1. The molecule has 0 N–H and O–H groups in total. The van der Waals surface area contributed by atoms with E-state index < -0.39 is 0 Å². The van der Waals surface area contributed by atoms with Gasteiger partial charge in [0.05, 0.1) is 4.58 Å². The summed E-state index contributed by atoms with van der Waals surface area (Å²) in [5.41, 5.74) is 0.657. The van der Waals surface area contributed by atoms with Crippen molar-refractivity contribution in [3.05, 3.63) is 12.2 Å². The zero-order valence-corrected chi connectivity index (χ0v) is 11.2. The van der Waals surface area contributed by atoms with Crippen molar-refractivity contribution in [2.45, 2.75) is 43.3 Å². The highest BCUT2D eigenvalue weighted by Gasteiger charge is 2.29. The Labute approximate surface area is 106 Å². The van der Waals surface area contributed by atoms with Crippen LogP contribution in [0.15, 0.2) is 12.2 Å². The molecule has 0 aliphatic carbocycles. The molecule has 2 atom stereocenters. The Morgan fingerprint density at radius 1 is 1.33 bits per heavy atom. The molecular weight excluding hydrogens is 244 g/mol. The molecule has 0 radical (unpaired) electrons. The van der Waals surface area contributed by atoms with Gasteiger partial charge in [-0.15, -0.1) is 23.5 Å². The fourth-order valence-corrected chi connectivity index (χ4v) is 5.74. The molecule has 1 fully saturated rings. The Hall–Kier alpha value is 0.460. The zero-order valence-electron chi connectivity index (χ0n) is 8.78. The van der Waals surface area contributed by atoms with Gasteiger partial charge in [-0.25, -0.2) is 0 Å². The smallest absolute Gasteiger partial charge is 0.214 e. The number of hydrogen-bond donors (Lipinski definition) is 0. The van der Waals surface area contributed by atoms with E-state index in [4.69, 9.17) is 0 Å². The number of hydrogen-bond acceptors (Lipinski definition) is 4. The molecule has 0 aromatic rings. The molecule has 0 aromatic heterocycles. The van der Waals surface area contributed by atoms with Crippen molar-refractivity contribution >= 4 is 40.4 Å². The van der Waals surface area contributed by atoms with E-state index >= 15 is 0 Å². The second-order valence-corrected chi connectivity index (χ2v) is 7.95. The van der Waals surface area contributed by atoms with Crippen molar-refractivity contribution < 1.29 is 4.79 Å². The second-order valence-electron chi connectivity index (χ2n) is 3.49. The van der Waals surface area contributed by atoms with Crippen LogP contribution in [0.4, 0.5) is 0 Å². The predicted octanol–water partition coefficient (Wildman–Crippen LogP) is 4.04. The minimum Gasteiger partial charge on any atom is -0.282 e. The van der Waals surface area contributed by atoms with Crippen molar-refractivity contribution in [3.63, 3.8) is 0 Å². The summed E-state index contributed by atoms with van der Waals surface area (Å²) in [6.45, 7) is 9.93. The zero-order chi connectivity index (χ0) is 10.7. The highest BCUT2D eigenvalue weighted by molar-refractivity contribution is 8.23. The topological polar surface area (TPSA) is 17.1 Å². The molecule has 0 saturated carbocycles. The fourth-order valence-electron chi connectivity index (χ4n) is 1.08. The third-order valence-corrected chi connectivity index (χ3v) is 7.08. The van der Waals surface area contributed by atoms with Crippen LogP contribution >= 0.6 is 35.3 Å². The van der Waals surface area contributed by atoms with Gasteiger partial charge >= 0.3 is 0 Å². The minimum atomic E-state index is 0. The summed E-state index contributed by atoms with van der Waals surface area (Å²) in [6, 6.07) is 0. The number of carbonyl (C=O) groups excluding carboxylic acids is 1. The van der Waals surface area contributed by atoms with Crippen LogP contribution in [0.1, 0.15) is 28.2 Å². The fraction of sp³-hybridized carbons (Fsp3) is 0.727. The Bertz CT molecular complexity index is 230. The molecule has 0 spiro atoms. The monoisotopic (exact) mass is 264 g/mol. The van der Waals surface area contributed by atoms with Crippen LogP contribution in [0.2, 0.25) is 0 Å². The highest BCUT2D eigenvalue weighted by Crippen LogP contribution is 2.44. The third kappa shape index (κ3) is 4.87. The van der Waals surface area contributed by atoms with Gasteiger partial charge in [0.25, 0.3) is 0 Å². The Morgan fingerprint density at radius 3 is 2.20 bits per heavy atom. The number of rotatable bonds is 3. The lowest BCUT2D eigenvalue weighted by Gasteiger charge is -2.06. The molecule has 0 aromatic carbocycles. The first-order valence-electron chi connectivity index (χ1n) is 4.64. The van der Waals surface area contributed by atoms with Crippen molar-refractivity contribution in [1.82, 2.24) is 0 Å². The maximum Gasteiger partial charge on any atom is 0.214 e. The highest BCUT2D eigenvalue weighted by atomic mass is 32.2. The summed E-state index contributed by atoms with van der Waals surface area (Å²) in [5, 5.41) is 1.56. The van der Waals surface area contributed by atoms with Crippen molar-refractivity contribution in [2.24, 2.45) is 0 Å². The molecule has 1 aliphatic rings. The molecule has 0 bridgehead atoms. The lowest BCUT2D eigenvalue weighted by molar-refractivity contribution is -0.107. The van der Waals surface area contributed by atoms with E-state index in [0.29, 0.717) is 20.7 Å². The molecule has 1 saturated heterocycles. The van der Waals surface area contributed by atoms with E-state index in [0.717, 1.165) is 5.75 Å². The van der Waals surface area contributed by atoms with Crippen molar-refractivity contribution in [3.8, 4) is 0 Å². The van der Waals surface area contributed by atoms with Gasteiger partial charge < -0.3 is 0 Å². The molecule has 2 unspecified atom stereocenters. The lowest BCUT2D eigenvalue weighted by Crippen LogP contribution is -2.04. The van der Waals surface area contributed by atoms with Gasteiger partial charge in [0.1, 0.15) is 0 Å². The van der Waals surface area contributed by atoms with E-state index in [2.05, 4.69) is 20.4 Å². The van der Waals surface area contributed by atoms with E-state index in [1.807, 2.05) is 23.5 Å². The molecule has 1 rings (SSSR count). The standard InChI is InChI=1S/C10H16OS3.CH4/c1-6(2)10(11)12-5-9-13-7(3)8(4)14-9;/h7-9H,1,5H2,2-4H3;1H4. The van der Waals surface area contributed by atoms with Crippen LogP contribution in [0.5, 0.6) is 0 Å². The van der Waals surface area contributed by atoms with Crippen LogP contribution < -0.4 is 0 Å². The molecule has 15 heavy (non-hydrogen) atoms. The molecule has 0 amide bonds. The van der Waals surface area contributed by atoms with Gasteiger partial charge in [0, 0.05) is 16.3 Å². The first-order chi connectivity index (χ1) is 6.50. The largest absolute Gasteiger partial charge is 0.282 e. The quantitative estimate of drug-likeness (QED) is 0.715. The van der Waals surface area contributed by atoms with E-state index in [1.54, 1.807) is 6.92 Å². The van der Waals surface area contributed by atoms with Crippen LogP contribution in [0, 0.1) is 0 Å². The van der Waals surface area contributed by atoms with Gasteiger partial charge in [-0.1, -0.05) is 39.6 Å². The van der Waals surface area contributed by atoms with E-state index in [9.17, 15) is 4.79 Å². The van der Waals surface area contributed by atoms with Crippen LogP contribution in [-0.4, -0.2) is 25.9 Å². The van der Waals surface area contributed by atoms with Crippen LogP contribution in [0.25, 0.3) is 0 Å². The SMILES string of the molecule is C.C=C(C)C(=O)SCC1SC(C)C(C)S1. The van der Waals surface area contributed by atoms with E-state index in [-0.39, 0.29) is 12.5 Å². The molecular formula is C11H20OS3.